The second kappa shape index (κ2) is 9.09. The minimum Gasteiger partial charge on any atom is -0.162 e. The number of hydrogen-bond donors (Lipinski definition) is 0. The molecule has 0 aromatic rings. The first-order valence-electron chi connectivity index (χ1n) is 3.89. The number of thioether (sulfide) groups is 1. The molecule has 0 heterocycles. The lowest BCUT2D eigenvalue weighted by Crippen LogP contribution is -1.80. The Bertz CT molecular complexity index is 69.1. The Hall–Kier alpha value is 0.0900. The Balaban J connectivity index is 2.70. The Morgan fingerprint density at radius 2 is 2.00 bits per heavy atom. The summed E-state index contributed by atoms with van der Waals surface area (Å²) in [7, 11) is 0. The maximum atomic E-state index is 3.77. The standard InChI is InChI=1S/C9H17S/c1-3-5-6-7-8-9-10-4-2/h3H,1-2,4-9H2. The smallest absolute Gasteiger partial charge is 0.00672 e. The summed E-state index contributed by atoms with van der Waals surface area (Å²) in [5.41, 5.74) is 0. The molecule has 0 atom stereocenters. The van der Waals surface area contributed by atoms with E-state index in [-0.39, 0.29) is 0 Å². The predicted octanol–water partition coefficient (Wildman–Crippen LogP) is 3.30. The molecular formula is C9H17S. The minimum atomic E-state index is 1.02. The van der Waals surface area contributed by atoms with Gasteiger partial charge in [-0.05, 0) is 37.7 Å². The van der Waals surface area contributed by atoms with Gasteiger partial charge in [-0.25, -0.2) is 0 Å². The van der Waals surface area contributed by atoms with Crippen molar-refractivity contribution in [1.29, 1.82) is 0 Å². The molecule has 0 saturated heterocycles. The zero-order valence-corrected chi connectivity index (χ0v) is 7.46. The van der Waals surface area contributed by atoms with Crippen molar-refractivity contribution in [2.75, 3.05) is 11.5 Å². The molecule has 1 radical (unpaired) electrons. The number of hydrogen-bond acceptors (Lipinski definition) is 1. The first-order chi connectivity index (χ1) is 4.91. The van der Waals surface area contributed by atoms with E-state index in [0.717, 1.165) is 5.75 Å². The van der Waals surface area contributed by atoms with Crippen LogP contribution < -0.4 is 0 Å². The highest BCUT2D eigenvalue weighted by Crippen LogP contribution is 2.06. The summed E-state index contributed by atoms with van der Waals surface area (Å²) in [6, 6.07) is 0. The molecule has 0 N–H and O–H groups in total. The molecule has 0 aliphatic rings. The normalized spacial score (nSPS) is 9.70. The topological polar surface area (TPSA) is 0 Å². The van der Waals surface area contributed by atoms with Crippen LogP contribution in [0.25, 0.3) is 0 Å². The van der Waals surface area contributed by atoms with Crippen molar-refractivity contribution in [2.24, 2.45) is 0 Å². The first-order valence-corrected chi connectivity index (χ1v) is 5.05. The number of rotatable bonds is 7. The second-order valence-electron chi connectivity index (χ2n) is 2.25. The Kier molecular flexibility index (Phi) is 9.17. The number of unbranched alkanes of at least 4 members (excludes halogenated alkanes) is 3. The summed E-state index contributed by atoms with van der Waals surface area (Å²) < 4.78 is 0. The zero-order valence-electron chi connectivity index (χ0n) is 6.64. The van der Waals surface area contributed by atoms with E-state index in [1.54, 1.807) is 0 Å². The van der Waals surface area contributed by atoms with E-state index < -0.39 is 0 Å². The molecule has 10 heavy (non-hydrogen) atoms. The van der Waals surface area contributed by atoms with Crippen LogP contribution in [-0.4, -0.2) is 11.5 Å². The minimum absolute atomic E-state index is 1.02. The van der Waals surface area contributed by atoms with Crippen LogP contribution in [0.4, 0.5) is 0 Å². The van der Waals surface area contributed by atoms with Crippen LogP contribution in [0, 0.1) is 6.92 Å². The number of allylic oxidation sites excluding steroid dienone is 1. The molecule has 59 valence electrons. The maximum absolute atomic E-state index is 3.77. The van der Waals surface area contributed by atoms with E-state index in [2.05, 4.69) is 13.5 Å². The van der Waals surface area contributed by atoms with Gasteiger partial charge in [0.2, 0.25) is 0 Å². The highest BCUT2D eigenvalue weighted by molar-refractivity contribution is 7.99. The van der Waals surface area contributed by atoms with Crippen molar-refractivity contribution < 1.29 is 0 Å². The molecule has 0 bridgehead atoms. The Labute approximate surface area is 69.1 Å². The van der Waals surface area contributed by atoms with E-state index in [1.807, 2.05) is 17.8 Å². The van der Waals surface area contributed by atoms with Gasteiger partial charge in [0.05, 0.1) is 0 Å². The SMILES string of the molecule is [CH2]CSCCCCCC=C. The molecule has 0 aliphatic heterocycles. The van der Waals surface area contributed by atoms with Crippen LogP contribution in [0.3, 0.4) is 0 Å². The lowest BCUT2D eigenvalue weighted by molar-refractivity contribution is 0.735. The van der Waals surface area contributed by atoms with Gasteiger partial charge in [0.15, 0.2) is 0 Å². The molecular weight excluding hydrogens is 140 g/mol. The van der Waals surface area contributed by atoms with Crippen LogP contribution in [0.15, 0.2) is 12.7 Å². The molecule has 0 aromatic heterocycles. The maximum Gasteiger partial charge on any atom is -0.00672 e. The van der Waals surface area contributed by atoms with Gasteiger partial charge in [0, 0.05) is 0 Å². The monoisotopic (exact) mass is 157 g/mol. The fourth-order valence-corrected chi connectivity index (χ4v) is 1.38. The first kappa shape index (κ1) is 10.1. The average molecular weight is 157 g/mol. The summed E-state index contributed by atoms with van der Waals surface area (Å²) in [6.07, 6.45) is 7.16. The quantitative estimate of drug-likeness (QED) is 0.403. The van der Waals surface area contributed by atoms with Gasteiger partial charge in [-0.1, -0.05) is 12.5 Å². The van der Waals surface area contributed by atoms with Crippen molar-refractivity contribution in [1.82, 2.24) is 0 Å². The predicted molar refractivity (Wildman–Crippen MR) is 51.3 cm³/mol. The van der Waals surface area contributed by atoms with Crippen molar-refractivity contribution >= 4 is 11.8 Å². The van der Waals surface area contributed by atoms with Crippen molar-refractivity contribution in [3.63, 3.8) is 0 Å². The van der Waals surface area contributed by atoms with Crippen LogP contribution in [0.1, 0.15) is 25.7 Å². The summed E-state index contributed by atoms with van der Waals surface area (Å²) >= 11 is 1.93. The summed E-state index contributed by atoms with van der Waals surface area (Å²) in [5, 5.41) is 0. The van der Waals surface area contributed by atoms with Gasteiger partial charge in [-0.2, -0.15) is 11.8 Å². The van der Waals surface area contributed by atoms with Crippen molar-refractivity contribution in [2.45, 2.75) is 25.7 Å². The van der Waals surface area contributed by atoms with Gasteiger partial charge in [-0.3, -0.25) is 0 Å². The lowest BCUT2D eigenvalue weighted by atomic mass is 10.2. The molecule has 0 saturated carbocycles. The van der Waals surface area contributed by atoms with Crippen molar-refractivity contribution in [3.8, 4) is 0 Å². The Morgan fingerprint density at radius 3 is 2.60 bits per heavy atom. The third-order valence-corrected chi connectivity index (χ3v) is 2.21. The summed E-state index contributed by atoms with van der Waals surface area (Å²) in [4.78, 5) is 0. The van der Waals surface area contributed by atoms with Crippen molar-refractivity contribution in [3.05, 3.63) is 19.6 Å². The van der Waals surface area contributed by atoms with E-state index in [1.165, 1.54) is 31.4 Å². The van der Waals surface area contributed by atoms with E-state index in [4.69, 9.17) is 0 Å². The molecule has 0 unspecified atom stereocenters. The van der Waals surface area contributed by atoms with Gasteiger partial charge >= 0.3 is 0 Å². The van der Waals surface area contributed by atoms with Crippen LogP contribution in [0.5, 0.6) is 0 Å². The molecule has 0 spiro atoms. The molecule has 0 nitrogen and oxygen atoms in total. The summed E-state index contributed by atoms with van der Waals surface area (Å²) in [5.74, 6) is 2.29. The third kappa shape index (κ3) is 8.09. The second-order valence-corrected chi connectivity index (χ2v) is 3.48. The van der Waals surface area contributed by atoms with Crippen LogP contribution in [-0.2, 0) is 0 Å². The fraction of sp³-hybridized carbons (Fsp3) is 0.667. The van der Waals surface area contributed by atoms with Gasteiger partial charge < -0.3 is 0 Å². The third-order valence-electron chi connectivity index (χ3n) is 1.34. The van der Waals surface area contributed by atoms with Crippen LogP contribution in [0.2, 0.25) is 0 Å². The van der Waals surface area contributed by atoms with Gasteiger partial charge in [0.25, 0.3) is 0 Å². The largest absolute Gasteiger partial charge is 0.162 e. The molecule has 0 aromatic carbocycles. The molecule has 0 amide bonds. The summed E-state index contributed by atoms with van der Waals surface area (Å²) in [6.45, 7) is 7.45. The van der Waals surface area contributed by atoms with Gasteiger partial charge in [0.1, 0.15) is 0 Å². The van der Waals surface area contributed by atoms with E-state index in [0.29, 0.717) is 0 Å². The fourth-order valence-electron chi connectivity index (χ4n) is 0.772. The molecule has 0 aliphatic carbocycles. The van der Waals surface area contributed by atoms with E-state index >= 15 is 0 Å². The lowest BCUT2D eigenvalue weighted by Gasteiger charge is -1.96. The zero-order chi connectivity index (χ0) is 7.66. The van der Waals surface area contributed by atoms with Crippen LogP contribution >= 0.6 is 11.8 Å². The molecule has 1 heteroatoms. The Morgan fingerprint density at radius 1 is 1.20 bits per heavy atom. The van der Waals surface area contributed by atoms with Gasteiger partial charge in [-0.15, -0.1) is 6.58 Å². The molecule has 0 fully saturated rings. The van der Waals surface area contributed by atoms with E-state index in [9.17, 15) is 0 Å². The highest BCUT2D eigenvalue weighted by atomic mass is 32.2. The highest BCUT2D eigenvalue weighted by Gasteiger charge is 1.86. The average Bonchev–Trinajstić information content (AvgIpc) is 1.97. The molecule has 0 rings (SSSR count).